The van der Waals surface area contributed by atoms with Gasteiger partial charge in [0.25, 0.3) is 5.91 Å². The van der Waals surface area contributed by atoms with Gasteiger partial charge in [-0.1, -0.05) is 17.7 Å². The molecule has 0 N–H and O–H groups in total. The maximum Gasteiger partial charge on any atom is 0.251 e. The lowest BCUT2D eigenvalue weighted by atomic mass is 10.0. The summed E-state index contributed by atoms with van der Waals surface area (Å²) in [6, 6.07) is 9.78. The normalized spacial score (nSPS) is 13.1. The van der Waals surface area contributed by atoms with E-state index >= 15 is 0 Å². The number of anilines is 1. The quantitative estimate of drug-likeness (QED) is 0.698. The van der Waals surface area contributed by atoms with Crippen LogP contribution in [0.3, 0.4) is 0 Å². The van der Waals surface area contributed by atoms with Gasteiger partial charge in [-0.25, -0.2) is 4.39 Å². The summed E-state index contributed by atoms with van der Waals surface area (Å²) >= 11 is 6.17. The molecule has 1 amide bonds. The lowest BCUT2D eigenvalue weighted by molar-refractivity contribution is -0.114. The predicted molar refractivity (Wildman–Crippen MR) is 105 cm³/mol. The van der Waals surface area contributed by atoms with Crippen LogP contribution in [0.2, 0.25) is 5.02 Å². The predicted octanol–water partition coefficient (Wildman–Crippen LogP) is 4.38. The number of methoxy groups -OCH3 is 1. The van der Waals surface area contributed by atoms with Crippen molar-refractivity contribution in [1.82, 2.24) is 0 Å². The summed E-state index contributed by atoms with van der Waals surface area (Å²) < 4.78 is 24.9. The maximum atomic E-state index is 14.3. The second kappa shape index (κ2) is 8.77. The number of halogens is 2. The van der Waals surface area contributed by atoms with Crippen molar-refractivity contribution in [1.29, 1.82) is 5.26 Å². The molecule has 0 atom stereocenters. The summed E-state index contributed by atoms with van der Waals surface area (Å²) in [4.78, 5) is 14.1. The number of fused-ring (bicyclic) bond motifs is 1. The molecule has 144 valence electrons. The summed E-state index contributed by atoms with van der Waals surface area (Å²) in [6.07, 6.45) is 4.37. The number of nitriles is 1. The van der Waals surface area contributed by atoms with E-state index in [9.17, 15) is 9.18 Å². The van der Waals surface area contributed by atoms with E-state index in [1.165, 1.54) is 30.2 Å². The number of nitrogens with zero attached hydrogens (tertiary/aromatic N) is 2. The fraction of sp³-hybridized carbons (Fsp3) is 0.238. The van der Waals surface area contributed by atoms with Gasteiger partial charge in [0.05, 0.1) is 12.8 Å². The summed E-state index contributed by atoms with van der Waals surface area (Å²) in [5, 5.41) is 9.09. The van der Waals surface area contributed by atoms with Crippen molar-refractivity contribution in [3.05, 3.63) is 58.4 Å². The third kappa shape index (κ3) is 4.10. The van der Waals surface area contributed by atoms with Crippen molar-refractivity contribution in [2.24, 2.45) is 0 Å². The fourth-order valence-corrected chi connectivity index (χ4v) is 3.38. The Kier molecular flexibility index (Phi) is 6.17. The van der Waals surface area contributed by atoms with Crippen LogP contribution in [0.5, 0.6) is 11.5 Å². The number of carbonyl (C=O) groups is 1. The molecule has 1 aliphatic rings. The smallest absolute Gasteiger partial charge is 0.251 e. The van der Waals surface area contributed by atoms with Crippen LogP contribution >= 0.6 is 11.6 Å². The van der Waals surface area contributed by atoms with Gasteiger partial charge in [0, 0.05) is 17.6 Å². The Labute approximate surface area is 167 Å². The van der Waals surface area contributed by atoms with Crippen LogP contribution in [-0.4, -0.2) is 26.2 Å². The van der Waals surface area contributed by atoms with Crippen molar-refractivity contribution < 1.29 is 18.7 Å². The molecule has 1 aliphatic heterocycles. The Morgan fingerprint density at radius 1 is 1.36 bits per heavy atom. The average Bonchev–Trinajstić information content (AvgIpc) is 2.73. The highest BCUT2D eigenvalue weighted by Gasteiger charge is 2.26. The Morgan fingerprint density at radius 2 is 2.18 bits per heavy atom. The SMILES string of the molecule is COc1cc(C=CC(=O)N2CCCc3c(Cl)ccc(F)c32)ccc1OCC#N. The Balaban J connectivity index is 1.82. The third-order valence-electron chi connectivity index (χ3n) is 4.42. The molecule has 0 spiro atoms. The molecule has 2 aromatic carbocycles. The lowest BCUT2D eigenvalue weighted by Gasteiger charge is -2.29. The first-order valence-electron chi connectivity index (χ1n) is 8.69. The number of hydrogen-bond acceptors (Lipinski definition) is 4. The number of benzene rings is 2. The molecule has 0 unspecified atom stereocenters. The molecule has 3 rings (SSSR count). The monoisotopic (exact) mass is 400 g/mol. The number of carbonyl (C=O) groups excluding carboxylic acids is 1. The molecule has 5 nitrogen and oxygen atoms in total. The van der Waals surface area contributed by atoms with E-state index in [1.54, 1.807) is 24.3 Å². The summed E-state index contributed by atoms with van der Waals surface area (Å²) in [5.74, 6) is 0.104. The average molecular weight is 401 g/mol. The van der Waals surface area contributed by atoms with Gasteiger partial charge in [-0.15, -0.1) is 0 Å². The number of amides is 1. The zero-order valence-electron chi connectivity index (χ0n) is 15.2. The Bertz CT molecular complexity index is 969. The van der Waals surface area contributed by atoms with Crippen LogP contribution in [0.25, 0.3) is 6.08 Å². The number of rotatable bonds is 5. The van der Waals surface area contributed by atoms with Gasteiger partial charge >= 0.3 is 0 Å². The first-order valence-corrected chi connectivity index (χ1v) is 9.07. The molecule has 7 heteroatoms. The molecule has 28 heavy (non-hydrogen) atoms. The van der Waals surface area contributed by atoms with Gasteiger partial charge in [-0.2, -0.15) is 5.26 Å². The zero-order valence-corrected chi connectivity index (χ0v) is 16.0. The van der Waals surface area contributed by atoms with Gasteiger partial charge in [-0.05, 0) is 54.3 Å². The van der Waals surface area contributed by atoms with Crippen molar-refractivity contribution in [3.8, 4) is 17.6 Å². The fourth-order valence-electron chi connectivity index (χ4n) is 3.13. The molecule has 0 saturated carbocycles. The lowest BCUT2D eigenvalue weighted by Crippen LogP contribution is -2.35. The van der Waals surface area contributed by atoms with Crippen LogP contribution in [0.4, 0.5) is 10.1 Å². The first-order chi connectivity index (χ1) is 13.5. The van der Waals surface area contributed by atoms with Crippen molar-refractivity contribution >= 4 is 29.3 Å². The van der Waals surface area contributed by atoms with E-state index in [0.29, 0.717) is 47.0 Å². The van der Waals surface area contributed by atoms with Gasteiger partial charge in [0.15, 0.2) is 18.1 Å². The number of hydrogen-bond donors (Lipinski definition) is 0. The molecule has 0 radical (unpaired) electrons. The highest BCUT2D eigenvalue weighted by Crippen LogP contribution is 2.35. The van der Waals surface area contributed by atoms with Crippen LogP contribution in [0.15, 0.2) is 36.4 Å². The van der Waals surface area contributed by atoms with E-state index < -0.39 is 5.82 Å². The topological polar surface area (TPSA) is 62.6 Å². The largest absolute Gasteiger partial charge is 0.493 e. The zero-order chi connectivity index (χ0) is 20.1. The summed E-state index contributed by atoms with van der Waals surface area (Å²) in [7, 11) is 1.49. The standard InChI is InChI=1S/C21H18ClFN2O3/c1-27-19-13-14(4-8-18(19)28-12-10-24)5-9-20(26)25-11-2-3-15-16(22)6-7-17(23)21(15)25/h4-9,13H,2-3,11-12H2,1H3. The molecule has 0 bridgehead atoms. The van der Waals surface area contributed by atoms with E-state index in [0.717, 1.165) is 0 Å². The van der Waals surface area contributed by atoms with Crippen LogP contribution in [0, 0.1) is 17.1 Å². The molecule has 0 saturated heterocycles. The molecule has 0 aliphatic carbocycles. The molecule has 1 heterocycles. The van der Waals surface area contributed by atoms with E-state index in [1.807, 2.05) is 6.07 Å². The van der Waals surface area contributed by atoms with Crippen molar-refractivity contribution in [2.45, 2.75) is 12.8 Å². The minimum absolute atomic E-state index is 0.0907. The minimum atomic E-state index is -0.457. The summed E-state index contributed by atoms with van der Waals surface area (Å²) in [6.45, 7) is 0.338. The Morgan fingerprint density at radius 3 is 2.93 bits per heavy atom. The maximum absolute atomic E-state index is 14.3. The first kappa shape index (κ1) is 19.7. The van der Waals surface area contributed by atoms with Crippen LogP contribution in [-0.2, 0) is 11.2 Å². The second-order valence-corrected chi connectivity index (χ2v) is 6.55. The third-order valence-corrected chi connectivity index (χ3v) is 4.77. The van der Waals surface area contributed by atoms with Gasteiger partial charge in [0.1, 0.15) is 11.9 Å². The van der Waals surface area contributed by atoms with Gasteiger partial charge < -0.3 is 14.4 Å². The highest BCUT2D eigenvalue weighted by molar-refractivity contribution is 6.32. The molecule has 0 aromatic heterocycles. The minimum Gasteiger partial charge on any atom is -0.493 e. The number of ether oxygens (including phenoxy) is 2. The summed E-state index contributed by atoms with van der Waals surface area (Å²) in [5.41, 5.74) is 1.62. The second-order valence-electron chi connectivity index (χ2n) is 6.14. The van der Waals surface area contributed by atoms with E-state index in [-0.39, 0.29) is 18.2 Å². The van der Waals surface area contributed by atoms with E-state index in [4.69, 9.17) is 26.3 Å². The van der Waals surface area contributed by atoms with Gasteiger partial charge in [0.2, 0.25) is 0 Å². The Hall–Kier alpha value is -3.04. The molecule has 2 aromatic rings. The van der Waals surface area contributed by atoms with Crippen molar-refractivity contribution in [3.63, 3.8) is 0 Å². The molecular formula is C21H18ClFN2O3. The van der Waals surface area contributed by atoms with E-state index in [2.05, 4.69) is 0 Å². The van der Waals surface area contributed by atoms with Gasteiger partial charge in [-0.3, -0.25) is 4.79 Å². The molecular weight excluding hydrogens is 383 g/mol. The molecule has 0 fully saturated rings. The highest BCUT2D eigenvalue weighted by atomic mass is 35.5. The van der Waals surface area contributed by atoms with Crippen LogP contribution < -0.4 is 14.4 Å². The van der Waals surface area contributed by atoms with Crippen molar-refractivity contribution in [2.75, 3.05) is 25.2 Å². The van der Waals surface area contributed by atoms with Crippen LogP contribution in [0.1, 0.15) is 17.5 Å².